The van der Waals surface area contributed by atoms with Crippen LogP contribution in [0.1, 0.15) is 24.2 Å². The van der Waals surface area contributed by atoms with Crippen LogP contribution in [0.5, 0.6) is 11.5 Å². The maximum Gasteiger partial charge on any atom is 0.254 e. The normalized spacial score (nSPS) is 20.7. The fourth-order valence-corrected chi connectivity index (χ4v) is 3.52. The monoisotopic (exact) mass is 361 g/mol. The molecule has 7 heteroatoms. The Kier molecular flexibility index (Phi) is 5.66. The average molecular weight is 361 g/mol. The van der Waals surface area contributed by atoms with Gasteiger partial charge in [-0.1, -0.05) is 0 Å². The van der Waals surface area contributed by atoms with Gasteiger partial charge in [0.15, 0.2) is 11.5 Å². The highest BCUT2D eigenvalue weighted by Crippen LogP contribution is 2.29. The fraction of sp³-hybridized carbons (Fsp3) is 0.579. The maximum absolute atomic E-state index is 13.0. The third-order valence-electron chi connectivity index (χ3n) is 4.95. The van der Waals surface area contributed by atoms with Gasteiger partial charge >= 0.3 is 0 Å². The van der Waals surface area contributed by atoms with Gasteiger partial charge in [-0.25, -0.2) is 0 Å². The Balaban J connectivity index is 1.76. The third-order valence-corrected chi connectivity index (χ3v) is 4.95. The molecule has 0 bridgehead atoms. The molecule has 0 aliphatic carbocycles. The van der Waals surface area contributed by atoms with Crippen molar-refractivity contribution in [2.75, 3.05) is 53.0 Å². The summed E-state index contributed by atoms with van der Waals surface area (Å²) in [7, 11) is 1.82. The van der Waals surface area contributed by atoms with E-state index >= 15 is 0 Å². The number of benzene rings is 1. The Morgan fingerprint density at radius 2 is 1.77 bits per heavy atom. The Hall–Kier alpha value is -2.28. The van der Waals surface area contributed by atoms with Crippen LogP contribution < -0.4 is 9.47 Å². The van der Waals surface area contributed by atoms with Crippen molar-refractivity contribution in [2.24, 2.45) is 0 Å². The highest BCUT2D eigenvalue weighted by molar-refractivity contribution is 5.95. The van der Waals surface area contributed by atoms with E-state index < -0.39 is 0 Å². The number of carbonyl (C=O) groups excluding carboxylic acids is 2. The summed E-state index contributed by atoms with van der Waals surface area (Å²) in [6.45, 7) is 8.24. The second-order valence-corrected chi connectivity index (χ2v) is 6.59. The molecule has 0 unspecified atom stereocenters. The van der Waals surface area contributed by atoms with Gasteiger partial charge in [-0.3, -0.25) is 14.5 Å². The van der Waals surface area contributed by atoms with Gasteiger partial charge < -0.3 is 19.3 Å². The minimum absolute atomic E-state index is 0.0744. The van der Waals surface area contributed by atoms with E-state index in [0.717, 1.165) is 19.6 Å². The van der Waals surface area contributed by atoms with Crippen molar-refractivity contribution in [1.82, 2.24) is 14.7 Å². The molecule has 1 atom stereocenters. The van der Waals surface area contributed by atoms with E-state index in [1.54, 1.807) is 28.0 Å². The molecule has 0 N–H and O–H groups in total. The second-order valence-electron chi connectivity index (χ2n) is 6.59. The van der Waals surface area contributed by atoms with Crippen LogP contribution in [0.25, 0.3) is 0 Å². The summed E-state index contributed by atoms with van der Waals surface area (Å²) in [6.07, 6.45) is 0. The molecule has 1 aromatic carbocycles. The van der Waals surface area contributed by atoms with E-state index in [0.29, 0.717) is 43.4 Å². The smallest absolute Gasteiger partial charge is 0.254 e. The third kappa shape index (κ3) is 3.62. The molecule has 0 spiro atoms. The highest BCUT2D eigenvalue weighted by Gasteiger charge is 2.38. The first-order valence-electron chi connectivity index (χ1n) is 9.23. The molecular weight excluding hydrogens is 334 g/mol. The molecule has 3 rings (SSSR count). The predicted molar refractivity (Wildman–Crippen MR) is 97.7 cm³/mol. The molecule has 26 heavy (non-hydrogen) atoms. The number of nitrogens with zero attached hydrogens (tertiary/aromatic N) is 3. The molecule has 7 nitrogen and oxygen atoms in total. The van der Waals surface area contributed by atoms with Gasteiger partial charge in [0.2, 0.25) is 5.91 Å². The number of piperazine rings is 2. The lowest BCUT2D eigenvalue weighted by Gasteiger charge is -2.45. The Morgan fingerprint density at radius 1 is 1.08 bits per heavy atom. The van der Waals surface area contributed by atoms with E-state index in [9.17, 15) is 9.59 Å². The van der Waals surface area contributed by atoms with Crippen molar-refractivity contribution in [3.63, 3.8) is 0 Å². The number of rotatable bonds is 5. The van der Waals surface area contributed by atoms with Crippen LogP contribution in [-0.4, -0.2) is 85.5 Å². The van der Waals surface area contributed by atoms with Gasteiger partial charge in [-0.2, -0.15) is 0 Å². The summed E-state index contributed by atoms with van der Waals surface area (Å²) in [5.74, 6) is 1.23. The summed E-state index contributed by atoms with van der Waals surface area (Å²) in [5.41, 5.74) is 0.557. The lowest BCUT2D eigenvalue weighted by molar-refractivity contribution is -0.142. The van der Waals surface area contributed by atoms with Crippen molar-refractivity contribution < 1.29 is 19.1 Å². The number of carbonyl (C=O) groups is 2. The lowest BCUT2D eigenvalue weighted by atomic mass is 10.1. The number of fused-ring (bicyclic) bond motifs is 1. The lowest BCUT2D eigenvalue weighted by Crippen LogP contribution is -2.64. The van der Waals surface area contributed by atoms with Gasteiger partial charge in [0.05, 0.1) is 13.2 Å². The van der Waals surface area contributed by atoms with Crippen molar-refractivity contribution in [3.8, 4) is 11.5 Å². The maximum atomic E-state index is 13.0. The average Bonchev–Trinajstić information content (AvgIpc) is 2.66. The largest absolute Gasteiger partial charge is 0.490 e. The summed E-state index contributed by atoms with van der Waals surface area (Å²) < 4.78 is 11.2. The molecular formula is C19H27N3O4. The number of hydrogen-bond acceptors (Lipinski definition) is 5. The molecule has 2 aliphatic heterocycles. The molecule has 0 saturated carbocycles. The van der Waals surface area contributed by atoms with Crippen molar-refractivity contribution >= 4 is 11.8 Å². The summed E-state index contributed by atoms with van der Waals surface area (Å²) in [5, 5.41) is 0. The molecule has 2 aliphatic rings. The first kappa shape index (κ1) is 18.5. The van der Waals surface area contributed by atoms with E-state index in [-0.39, 0.29) is 17.9 Å². The van der Waals surface area contributed by atoms with Crippen molar-refractivity contribution in [2.45, 2.75) is 19.9 Å². The van der Waals surface area contributed by atoms with Crippen LogP contribution in [0.2, 0.25) is 0 Å². The van der Waals surface area contributed by atoms with E-state index in [1.165, 1.54) is 0 Å². The standard InChI is InChI=1S/C19H27N3O4/c1-4-25-16-7-6-14(12-17(16)26-5-2)18(23)22-11-10-21-9-8-20(3)19(24)15(21)13-22/h6-7,12,15H,4-5,8-11,13H2,1-3H3/t15-/m0/s1. The quantitative estimate of drug-likeness (QED) is 0.785. The minimum Gasteiger partial charge on any atom is -0.490 e. The SMILES string of the molecule is CCOc1ccc(C(=O)N2CCN3CCN(C)C(=O)[C@@H]3C2)cc1OCC. The van der Waals surface area contributed by atoms with E-state index in [1.807, 2.05) is 20.9 Å². The van der Waals surface area contributed by atoms with Crippen LogP contribution in [0.4, 0.5) is 0 Å². The number of hydrogen-bond donors (Lipinski definition) is 0. The minimum atomic E-state index is -0.236. The van der Waals surface area contributed by atoms with Gasteiger partial charge in [-0.15, -0.1) is 0 Å². The molecule has 2 amide bonds. The number of likely N-dealkylation sites (N-methyl/N-ethyl adjacent to an activating group) is 1. The molecule has 2 fully saturated rings. The van der Waals surface area contributed by atoms with Gasteiger partial charge in [-0.05, 0) is 32.0 Å². The van der Waals surface area contributed by atoms with E-state index in [4.69, 9.17) is 9.47 Å². The van der Waals surface area contributed by atoms with Crippen LogP contribution in [-0.2, 0) is 4.79 Å². The fourth-order valence-electron chi connectivity index (χ4n) is 3.52. The second kappa shape index (κ2) is 7.95. The Morgan fingerprint density at radius 3 is 2.50 bits per heavy atom. The van der Waals surface area contributed by atoms with Crippen LogP contribution in [0.15, 0.2) is 18.2 Å². The first-order valence-corrected chi connectivity index (χ1v) is 9.23. The Bertz CT molecular complexity index is 679. The molecule has 0 radical (unpaired) electrons. The molecule has 2 heterocycles. The molecule has 142 valence electrons. The zero-order chi connectivity index (χ0) is 18.7. The first-order chi connectivity index (χ1) is 12.5. The molecule has 1 aromatic rings. The highest BCUT2D eigenvalue weighted by atomic mass is 16.5. The van der Waals surface area contributed by atoms with Crippen molar-refractivity contribution in [3.05, 3.63) is 23.8 Å². The summed E-state index contributed by atoms with van der Waals surface area (Å²) in [4.78, 5) is 31.1. The molecule has 2 saturated heterocycles. The summed E-state index contributed by atoms with van der Waals surface area (Å²) in [6, 6.07) is 5.03. The van der Waals surface area contributed by atoms with Crippen molar-refractivity contribution in [1.29, 1.82) is 0 Å². The van der Waals surface area contributed by atoms with Gasteiger partial charge in [0, 0.05) is 45.3 Å². The number of amides is 2. The molecule has 0 aromatic heterocycles. The Labute approximate surface area is 154 Å². The van der Waals surface area contributed by atoms with Gasteiger partial charge in [0.1, 0.15) is 6.04 Å². The zero-order valence-corrected chi connectivity index (χ0v) is 15.7. The van der Waals surface area contributed by atoms with Gasteiger partial charge in [0.25, 0.3) is 5.91 Å². The van der Waals surface area contributed by atoms with Crippen LogP contribution >= 0.6 is 0 Å². The van der Waals surface area contributed by atoms with E-state index in [2.05, 4.69) is 4.90 Å². The topological polar surface area (TPSA) is 62.3 Å². The predicted octanol–water partition coefficient (Wildman–Crippen LogP) is 1.08. The van der Waals surface area contributed by atoms with Crippen LogP contribution in [0, 0.1) is 0 Å². The number of ether oxygens (including phenoxy) is 2. The summed E-state index contributed by atoms with van der Waals surface area (Å²) >= 11 is 0. The van der Waals surface area contributed by atoms with Crippen LogP contribution in [0.3, 0.4) is 0 Å². The zero-order valence-electron chi connectivity index (χ0n) is 15.7.